The van der Waals surface area contributed by atoms with Crippen LogP contribution in [0, 0.1) is 0 Å². The average Bonchev–Trinajstić information content (AvgIpc) is 3.12. The SMILES string of the molecule is CCN(CC)c1c2c(cc3ccccc13)C1(OC2=O)c2ccccc2Oc2ccccc21. The average molecular weight is 421 g/mol. The summed E-state index contributed by atoms with van der Waals surface area (Å²) in [5.41, 5.74) is 3.15. The summed E-state index contributed by atoms with van der Waals surface area (Å²) in [5.74, 6) is 1.13. The molecule has 0 aromatic heterocycles. The van der Waals surface area contributed by atoms with E-state index in [9.17, 15) is 4.79 Å². The minimum Gasteiger partial charge on any atom is -0.456 e. The molecule has 4 aromatic rings. The molecule has 0 amide bonds. The van der Waals surface area contributed by atoms with Gasteiger partial charge < -0.3 is 14.4 Å². The van der Waals surface area contributed by atoms with Crippen molar-refractivity contribution in [2.45, 2.75) is 19.4 Å². The molecule has 4 nitrogen and oxygen atoms in total. The van der Waals surface area contributed by atoms with Crippen LogP contribution in [0.3, 0.4) is 0 Å². The van der Waals surface area contributed by atoms with E-state index in [0.29, 0.717) is 17.1 Å². The molecule has 2 heterocycles. The summed E-state index contributed by atoms with van der Waals surface area (Å²) in [6.07, 6.45) is 0. The fraction of sp³-hybridized carbons (Fsp3) is 0.179. The molecule has 0 atom stereocenters. The quantitative estimate of drug-likeness (QED) is 0.366. The highest BCUT2D eigenvalue weighted by atomic mass is 16.6. The lowest BCUT2D eigenvalue weighted by molar-refractivity contribution is 0.0225. The Morgan fingerprint density at radius 2 is 1.38 bits per heavy atom. The fourth-order valence-corrected chi connectivity index (χ4v) is 5.28. The molecule has 0 radical (unpaired) electrons. The summed E-state index contributed by atoms with van der Waals surface area (Å²) in [4.78, 5) is 15.9. The topological polar surface area (TPSA) is 38.8 Å². The predicted octanol–water partition coefficient (Wildman–Crippen LogP) is 6.25. The second-order valence-corrected chi connectivity index (χ2v) is 8.21. The summed E-state index contributed by atoms with van der Waals surface area (Å²) in [6, 6.07) is 26.1. The van der Waals surface area contributed by atoms with E-state index in [-0.39, 0.29) is 5.97 Å². The zero-order valence-electron chi connectivity index (χ0n) is 18.1. The zero-order chi connectivity index (χ0) is 21.9. The first-order valence-corrected chi connectivity index (χ1v) is 11.1. The normalized spacial score (nSPS) is 15.0. The van der Waals surface area contributed by atoms with Gasteiger partial charge in [-0.25, -0.2) is 4.79 Å². The lowest BCUT2D eigenvalue weighted by Crippen LogP contribution is -2.33. The Bertz CT molecular complexity index is 1340. The Morgan fingerprint density at radius 3 is 2.03 bits per heavy atom. The highest BCUT2D eigenvalue weighted by Gasteiger charge is 2.54. The molecule has 0 aliphatic carbocycles. The summed E-state index contributed by atoms with van der Waals surface area (Å²) >= 11 is 0. The van der Waals surface area contributed by atoms with Gasteiger partial charge in [-0.1, -0.05) is 60.7 Å². The van der Waals surface area contributed by atoms with Gasteiger partial charge in [0.25, 0.3) is 0 Å². The van der Waals surface area contributed by atoms with Gasteiger partial charge in [-0.2, -0.15) is 0 Å². The minimum atomic E-state index is -1.04. The highest BCUT2D eigenvalue weighted by Crippen LogP contribution is 2.57. The van der Waals surface area contributed by atoms with E-state index in [1.54, 1.807) is 0 Å². The van der Waals surface area contributed by atoms with Crippen molar-refractivity contribution in [2.24, 2.45) is 0 Å². The van der Waals surface area contributed by atoms with Crippen LogP contribution < -0.4 is 9.64 Å². The third-order valence-electron chi connectivity index (χ3n) is 6.68. The number of ether oxygens (including phenoxy) is 2. The van der Waals surface area contributed by atoms with Crippen LogP contribution in [0.2, 0.25) is 0 Å². The maximum Gasteiger partial charge on any atom is 0.342 e. The number of esters is 1. The van der Waals surface area contributed by atoms with Crippen molar-refractivity contribution in [3.63, 3.8) is 0 Å². The van der Waals surface area contributed by atoms with Gasteiger partial charge in [0.15, 0.2) is 5.60 Å². The van der Waals surface area contributed by atoms with E-state index in [1.807, 2.05) is 60.7 Å². The van der Waals surface area contributed by atoms with Crippen molar-refractivity contribution in [3.8, 4) is 11.5 Å². The maximum atomic E-state index is 13.7. The molecule has 0 saturated carbocycles. The van der Waals surface area contributed by atoms with Crippen LogP contribution in [0.5, 0.6) is 11.5 Å². The van der Waals surface area contributed by atoms with Crippen molar-refractivity contribution < 1.29 is 14.3 Å². The number of carbonyl (C=O) groups excluding carboxylic acids is 1. The third kappa shape index (κ3) is 2.35. The molecule has 6 rings (SSSR count). The van der Waals surface area contributed by atoms with Crippen LogP contribution in [0.15, 0.2) is 78.9 Å². The van der Waals surface area contributed by atoms with E-state index >= 15 is 0 Å². The van der Waals surface area contributed by atoms with Gasteiger partial charge in [0.05, 0.1) is 11.3 Å². The number of hydrogen-bond donors (Lipinski definition) is 0. The van der Waals surface area contributed by atoms with Gasteiger partial charge in [0, 0.05) is 35.2 Å². The number of hydrogen-bond acceptors (Lipinski definition) is 4. The van der Waals surface area contributed by atoms with Gasteiger partial charge in [0.1, 0.15) is 11.5 Å². The molecule has 4 heteroatoms. The van der Waals surface area contributed by atoms with Crippen molar-refractivity contribution in [1.82, 2.24) is 0 Å². The molecule has 0 saturated heterocycles. The molecule has 2 aliphatic heterocycles. The van der Waals surface area contributed by atoms with Crippen molar-refractivity contribution in [3.05, 3.63) is 101 Å². The van der Waals surface area contributed by atoms with Crippen molar-refractivity contribution >= 4 is 22.4 Å². The minimum absolute atomic E-state index is 0.292. The molecular formula is C28H23NO3. The first-order chi connectivity index (χ1) is 15.7. The van der Waals surface area contributed by atoms with Crippen LogP contribution in [-0.4, -0.2) is 19.1 Å². The standard InChI is InChI=1S/C28H23NO3/c1-3-29(4-2)26-19-12-6-5-11-18(19)17-22-25(26)27(30)32-28(22)20-13-7-9-15-23(20)31-24-16-10-8-14-21(24)28/h5-17H,3-4H2,1-2H3. The van der Waals surface area contributed by atoms with Crippen LogP contribution in [0.1, 0.15) is 40.9 Å². The number of nitrogens with zero attached hydrogens (tertiary/aromatic N) is 1. The van der Waals surface area contributed by atoms with Gasteiger partial charge in [-0.3, -0.25) is 0 Å². The molecule has 1 spiro atoms. The summed E-state index contributed by atoms with van der Waals surface area (Å²) in [7, 11) is 0. The first-order valence-electron chi connectivity index (χ1n) is 11.1. The largest absolute Gasteiger partial charge is 0.456 e. The summed E-state index contributed by atoms with van der Waals surface area (Å²) in [5, 5.41) is 2.16. The number of rotatable bonds is 3. The lowest BCUT2D eigenvalue weighted by atomic mass is 9.76. The molecule has 158 valence electrons. The van der Waals surface area contributed by atoms with E-state index in [2.05, 4.69) is 36.9 Å². The van der Waals surface area contributed by atoms with E-state index < -0.39 is 5.60 Å². The molecule has 32 heavy (non-hydrogen) atoms. The van der Waals surface area contributed by atoms with E-state index in [1.165, 1.54) is 0 Å². The second-order valence-electron chi connectivity index (χ2n) is 8.21. The van der Waals surface area contributed by atoms with Gasteiger partial charge in [-0.15, -0.1) is 0 Å². The fourth-order valence-electron chi connectivity index (χ4n) is 5.28. The zero-order valence-corrected chi connectivity index (χ0v) is 18.1. The molecule has 2 aliphatic rings. The second kappa shape index (κ2) is 6.86. The number of benzene rings is 4. The number of fused-ring (bicyclic) bond motifs is 7. The predicted molar refractivity (Wildman–Crippen MR) is 126 cm³/mol. The molecular weight excluding hydrogens is 398 g/mol. The first kappa shape index (κ1) is 18.9. The van der Waals surface area contributed by atoms with Crippen LogP contribution in [0.25, 0.3) is 10.8 Å². The maximum absolute atomic E-state index is 13.7. The van der Waals surface area contributed by atoms with Crippen molar-refractivity contribution in [2.75, 3.05) is 18.0 Å². The highest BCUT2D eigenvalue weighted by molar-refractivity contribution is 6.11. The van der Waals surface area contributed by atoms with E-state index in [0.717, 1.165) is 46.2 Å². The molecule has 0 N–H and O–H groups in total. The van der Waals surface area contributed by atoms with Crippen molar-refractivity contribution in [1.29, 1.82) is 0 Å². The Morgan fingerprint density at radius 1 is 0.781 bits per heavy atom. The number of anilines is 1. The molecule has 4 aromatic carbocycles. The molecule has 0 unspecified atom stereocenters. The summed E-state index contributed by atoms with van der Waals surface area (Å²) in [6.45, 7) is 5.83. The van der Waals surface area contributed by atoms with Gasteiger partial charge in [-0.05, 0) is 37.4 Å². The molecule has 0 bridgehead atoms. The smallest absolute Gasteiger partial charge is 0.342 e. The van der Waals surface area contributed by atoms with Crippen LogP contribution in [-0.2, 0) is 10.3 Å². The number of para-hydroxylation sites is 2. The van der Waals surface area contributed by atoms with Gasteiger partial charge in [0.2, 0.25) is 0 Å². The Balaban J connectivity index is 1.78. The van der Waals surface area contributed by atoms with Crippen LogP contribution in [0.4, 0.5) is 5.69 Å². The Labute approximate surface area is 187 Å². The third-order valence-corrected chi connectivity index (χ3v) is 6.68. The van der Waals surface area contributed by atoms with E-state index in [4.69, 9.17) is 9.47 Å². The lowest BCUT2D eigenvalue weighted by Gasteiger charge is -2.36. The summed E-state index contributed by atoms with van der Waals surface area (Å²) < 4.78 is 12.6. The van der Waals surface area contributed by atoms with Gasteiger partial charge >= 0.3 is 5.97 Å². The number of carbonyl (C=O) groups is 1. The van der Waals surface area contributed by atoms with Crippen LogP contribution >= 0.6 is 0 Å². The Hall–Kier alpha value is -3.79. The Kier molecular flexibility index (Phi) is 4.06. The molecule has 0 fully saturated rings. The monoisotopic (exact) mass is 421 g/mol.